The number of phenolic OH excluding ortho intramolecular Hbond substituents is 10. The minimum atomic E-state index is -1.06. The summed E-state index contributed by atoms with van der Waals surface area (Å²) in [6, 6.07) is 42.8. The lowest BCUT2D eigenvalue weighted by molar-refractivity contribution is 0.330. The summed E-state index contributed by atoms with van der Waals surface area (Å²) in [5.74, 6) is -9.29. The van der Waals surface area contributed by atoms with Crippen LogP contribution in [0.2, 0.25) is 0 Å². The minimum absolute atomic E-state index is 0.0406. The SMILES string of the molecule is CNC(N)c1ccccc1.Oc1c(O)c(O)c(-c2ccc(-c3cc(-c4ccc(-c5c(O)c(O)c(O)c(O)c5O)cc4)c4oc5cccc(CNCc6ccccc6)c5c4c3)cc2)c(O)c1O. The Labute approximate surface area is 377 Å². The van der Waals surface area contributed by atoms with Crippen molar-refractivity contribution in [2.45, 2.75) is 19.3 Å². The number of fused-ring (bicyclic) bond motifs is 3. The predicted octanol–water partition coefficient (Wildman–Crippen LogP) is 9.46. The van der Waals surface area contributed by atoms with E-state index in [1.54, 1.807) is 48.5 Å². The molecule has 0 aliphatic carbocycles. The Hall–Kier alpha value is -8.56. The minimum Gasteiger partial charge on any atom is -0.504 e. The van der Waals surface area contributed by atoms with E-state index in [4.69, 9.17) is 10.2 Å². The van der Waals surface area contributed by atoms with Crippen LogP contribution in [0.15, 0.2) is 144 Å². The van der Waals surface area contributed by atoms with E-state index < -0.39 is 57.5 Å². The van der Waals surface area contributed by atoms with Crippen LogP contribution in [-0.4, -0.2) is 58.1 Å². The molecule has 66 heavy (non-hydrogen) atoms. The first-order valence-corrected chi connectivity index (χ1v) is 20.6. The normalized spacial score (nSPS) is 11.7. The molecule has 0 bridgehead atoms. The summed E-state index contributed by atoms with van der Waals surface area (Å²) >= 11 is 0. The zero-order valence-electron chi connectivity index (χ0n) is 35.2. The Kier molecular flexibility index (Phi) is 12.2. The van der Waals surface area contributed by atoms with Crippen LogP contribution >= 0.6 is 0 Å². The molecule has 0 fully saturated rings. The molecule has 0 amide bonds. The van der Waals surface area contributed by atoms with Gasteiger partial charge < -0.3 is 71.8 Å². The molecule has 1 aromatic heterocycles. The first-order chi connectivity index (χ1) is 31.8. The zero-order chi connectivity index (χ0) is 46.8. The summed E-state index contributed by atoms with van der Waals surface area (Å²) in [7, 11) is 1.84. The molecule has 14 nitrogen and oxygen atoms in total. The number of hydrogen-bond acceptors (Lipinski definition) is 14. The van der Waals surface area contributed by atoms with E-state index in [9.17, 15) is 51.1 Å². The van der Waals surface area contributed by atoms with E-state index in [0.717, 1.165) is 33.0 Å². The van der Waals surface area contributed by atoms with Gasteiger partial charge in [0.05, 0.1) is 17.3 Å². The van der Waals surface area contributed by atoms with E-state index >= 15 is 0 Å². The van der Waals surface area contributed by atoms with Crippen LogP contribution in [0.5, 0.6) is 57.5 Å². The van der Waals surface area contributed by atoms with Gasteiger partial charge in [-0.2, -0.15) is 0 Å². The van der Waals surface area contributed by atoms with Crippen molar-refractivity contribution in [3.63, 3.8) is 0 Å². The molecule has 1 heterocycles. The maximum absolute atomic E-state index is 10.6. The number of benzene rings is 8. The van der Waals surface area contributed by atoms with Crippen LogP contribution in [0.4, 0.5) is 0 Å². The van der Waals surface area contributed by atoms with Crippen LogP contribution < -0.4 is 16.4 Å². The Balaban J connectivity index is 0.000000525. The van der Waals surface area contributed by atoms with Gasteiger partial charge in [0.15, 0.2) is 23.0 Å². The van der Waals surface area contributed by atoms with Crippen molar-refractivity contribution in [3.8, 4) is 102 Å². The standard InChI is InChI=1S/C44H33NO11.C8H12N2/c46-34-32(35(47)39(51)42(54)38(34)50)24-13-9-22(10-14-24)27-17-28(23-11-15-25(16-12-23)33-36(48)40(52)43(55)41(53)37(33)49)44-29(18-27)31-26(7-4-8-30(31)56-44)20-45-19-21-5-2-1-3-6-21;1-10-8(9)7-5-3-2-4-6-7/h1-18,45-55H,19-20H2;2-6,8,10H,9H2,1H3. The highest BCUT2D eigenvalue weighted by atomic mass is 16.4. The van der Waals surface area contributed by atoms with Crippen LogP contribution in [0.1, 0.15) is 22.9 Å². The molecule has 0 aliphatic rings. The third-order valence-electron chi connectivity index (χ3n) is 11.4. The maximum Gasteiger partial charge on any atom is 0.208 e. The molecule has 0 aliphatic heterocycles. The summed E-state index contributed by atoms with van der Waals surface area (Å²) in [5.41, 5.74) is 12.8. The molecule has 14 heteroatoms. The molecular weight excluding hydrogens is 843 g/mol. The molecule has 0 saturated heterocycles. The van der Waals surface area contributed by atoms with Crippen LogP contribution in [0.25, 0.3) is 66.4 Å². The third kappa shape index (κ3) is 8.21. The van der Waals surface area contributed by atoms with E-state index in [1.165, 1.54) is 0 Å². The van der Waals surface area contributed by atoms with Gasteiger partial charge in [0, 0.05) is 29.4 Å². The Morgan fingerprint density at radius 3 is 1.45 bits per heavy atom. The average Bonchev–Trinajstić information content (AvgIpc) is 3.74. The van der Waals surface area contributed by atoms with Gasteiger partial charge in [0.1, 0.15) is 11.2 Å². The summed E-state index contributed by atoms with van der Waals surface area (Å²) in [6.07, 6.45) is -0.0406. The first kappa shape index (κ1) is 44.1. The van der Waals surface area contributed by atoms with Crippen LogP contribution in [-0.2, 0) is 13.1 Å². The second-order valence-corrected chi connectivity index (χ2v) is 15.4. The van der Waals surface area contributed by atoms with Gasteiger partial charge in [-0.1, -0.05) is 121 Å². The van der Waals surface area contributed by atoms with Gasteiger partial charge in [0.2, 0.25) is 34.5 Å². The number of nitrogens with two attached hydrogens (primary N) is 1. The van der Waals surface area contributed by atoms with E-state index in [0.29, 0.717) is 40.9 Å². The number of furan rings is 1. The summed E-state index contributed by atoms with van der Waals surface area (Å²) in [5, 5.41) is 111. The molecule has 9 rings (SSSR count). The van der Waals surface area contributed by atoms with Gasteiger partial charge in [-0.25, -0.2) is 0 Å². The molecule has 334 valence electrons. The fourth-order valence-electron chi connectivity index (χ4n) is 7.86. The van der Waals surface area contributed by atoms with Crippen molar-refractivity contribution in [3.05, 3.63) is 156 Å². The smallest absolute Gasteiger partial charge is 0.208 e. The molecule has 1 unspecified atom stereocenters. The molecule has 1 atom stereocenters. The largest absolute Gasteiger partial charge is 0.504 e. The fourth-order valence-corrected chi connectivity index (χ4v) is 7.86. The van der Waals surface area contributed by atoms with Gasteiger partial charge in [-0.3, -0.25) is 0 Å². The molecule has 0 spiro atoms. The lowest BCUT2D eigenvalue weighted by atomic mass is 9.92. The van der Waals surface area contributed by atoms with Crippen LogP contribution in [0.3, 0.4) is 0 Å². The van der Waals surface area contributed by atoms with Crippen molar-refractivity contribution in [1.82, 2.24) is 10.6 Å². The van der Waals surface area contributed by atoms with Crippen molar-refractivity contribution in [2.75, 3.05) is 7.05 Å². The molecule has 9 aromatic rings. The summed E-state index contributed by atoms with van der Waals surface area (Å²) in [4.78, 5) is 0. The van der Waals surface area contributed by atoms with Crippen molar-refractivity contribution in [1.29, 1.82) is 0 Å². The molecular formula is C52H45N3O11. The average molecular weight is 888 g/mol. The van der Waals surface area contributed by atoms with Crippen molar-refractivity contribution >= 4 is 21.9 Å². The highest BCUT2D eigenvalue weighted by molar-refractivity contribution is 6.12. The predicted molar refractivity (Wildman–Crippen MR) is 252 cm³/mol. The topological polar surface area (TPSA) is 266 Å². The van der Waals surface area contributed by atoms with E-state index in [2.05, 4.69) is 10.6 Å². The molecule has 0 saturated carbocycles. The second-order valence-electron chi connectivity index (χ2n) is 15.4. The van der Waals surface area contributed by atoms with Gasteiger partial charge in [0.25, 0.3) is 0 Å². The highest BCUT2D eigenvalue weighted by Gasteiger charge is 2.26. The van der Waals surface area contributed by atoms with Gasteiger partial charge in [-0.05, 0) is 69.8 Å². The number of nitrogens with one attached hydrogen (secondary N) is 2. The monoisotopic (exact) mass is 887 g/mol. The summed E-state index contributed by atoms with van der Waals surface area (Å²) in [6.45, 7) is 1.17. The lowest BCUT2D eigenvalue weighted by Gasteiger charge is -2.14. The Morgan fingerprint density at radius 2 is 0.939 bits per heavy atom. The van der Waals surface area contributed by atoms with E-state index in [1.807, 2.05) is 98.0 Å². The number of hydrogen-bond donors (Lipinski definition) is 13. The maximum atomic E-state index is 10.6. The second kappa shape index (κ2) is 18.3. The Bertz CT molecular complexity index is 3150. The first-order valence-electron chi connectivity index (χ1n) is 20.6. The van der Waals surface area contributed by atoms with Gasteiger partial charge >= 0.3 is 0 Å². The number of rotatable bonds is 10. The lowest BCUT2D eigenvalue weighted by Crippen LogP contribution is -2.24. The van der Waals surface area contributed by atoms with Crippen molar-refractivity contribution in [2.24, 2.45) is 5.73 Å². The van der Waals surface area contributed by atoms with E-state index in [-0.39, 0.29) is 28.4 Å². The zero-order valence-corrected chi connectivity index (χ0v) is 35.2. The number of aromatic hydroxyl groups is 10. The van der Waals surface area contributed by atoms with Crippen molar-refractivity contribution < 1.29 is 55.5 Å². The highest BCUT2D eigenvalue weighted by Crippen LogP contribution is 2.56. The fraction of sp³-hybridized carbons (Fsp3) is 0.0769. The molecule has 8 aromatic carbocycles. The quantitative estimate of drug-likeness (QED) is 0.0347. The van der Waals surface area contributed by atoms with Crippen LogP contribution in [0, 0.1) is 0 Å². The number of phenols is 10. The Morgan fingerprint density at radius 1 is 0.470 bits per heavy atom. The summed E-state index contributed by atoms with van der Waals surface area (Å²) < 4.78 is 6.54. The van der Waals surface area contributed by atoms with Gasteiger partial charge in [-0.15, -0.1) is 0 Å². The molecule has 0 radical (unpaired) electrons. The molecule has 14 N–H and O–H groups in total. The third-order valence-corrected chi connectivity index (χ3v) is 11.4.